The highest BCUT2D eigenvalue weighted by Gasteiger charge is 2.29. The molecule has 1 fully saturated rings. The van der Waals surface area contributed by atoms with Crippen LogP contribution in [0.3, 0.4) is 0 Å². The van der Waals surface area contributed by atoms with Crippen molar-refractivity contribution in [2.75, 3.05) is 19.6 Å². The highest BCUT2D eigenvalue weighted by molar-refractivity contribution is 6.31. The largest absolute Gasteiger partial charge is 0.332 e. The van der Waals surface area contributed by atoms with E-state index in [9.17, 15) is 9.59 Å². The molecule has 0 aromatic heterocycles. The second-order valence-electron chi connectivity index (χ2n) is 4.58. The van der Waals surface area contributed by atoms with Crippen molar-refractivity contribution < 1.29 is 9.59 Å². The molecular formula is C14H14ClN3O2. The van der Waals surface area contributed by atoms with Crippen LogP contribution >= 0.6 is 11.6 Å². The lowest BCUT2D eigenvalue weighted by Crippen LogP contribution is -2.53. The lowest BCUT2D eigenvalue weighted by Gasteiger charge is -2.33. The van der Waals surface area contributed by atoms with Crippen molar-refractivity contribution in [1.29, 1.82) is 5.26 Å². The number of nitrogens with zero attached hydrogens (tertiary/aromatic N) is 3. The van der Waals surface area contributed by atoms with E-state index in [0.717, 1.165) is 5.56 Å². The van der Waals surface area contributed by atoms with Crippen molar-refractivity contribution in [2.24, 2.45) is 0 Å². The van der Waals surface area contributed by atoms with E-state index >= 15 is 0 Å². The van der Waals surface area contributed by atoms with Crippen LogP contribution in [0.5, 0.6) is 0 Å². The Kier molecular flexibility index (Phi) is 4.26. The zero-order chi connectivity index (χ0) is 14.7. The molecule has 104 valence electrons. The number of rotatable bonds is 3. The van der Waals surface area contributed by atoms with E-state index in [-0.39, 0.29) is 31.4 Å². The number of nitriles is 1. The fourth-order valence-corrected chi connectivity index (χ4v) is 2.33. The molecule has 0 saturated carbocycles. The molecule has 0 N–H and O–H groups in total. The lowest BCUT2D eigenvalue weighted by atomic mass is 10.1. The first-order chi connectivity index (χ1) is 9.55. The van der Waals surface area contributed by atoms with Crippen LogP contribution in [0.15, 0.2) is 18.2 Å². The topological polar surface area (TPSA) is 64.4 Å². The number of amides is 2. The first-order valence-corrected chi connectivity index (χ1v) is 6.67. The zero-order valence-corrected chi connectivity index (χ0v) is 11.9. The van der Waals surface area contributed by atoms with Gasteiger partial charge in [-0.25, -0.2) is 0 Å². The Morgan fingerprint density at radius 1 is 1.25 bits per heavy atom. The second kappa shape index (κ2) is 5.93. The summed E-state index contributed by atoms with van der Waals surface area (Å²) >= 11 is 6.08. The van der Waals surface area contributed by atoms with E-state index in [4.69, 9.17) is 16.9 Å². The molecule has 20 heavy (non-hydrogen) atoms. The van der Waals surface area contributed by atoms with Gasteiger partial charge in [-0.1, -0.05) is 17.7 Å². The number of halogens is 1. The van der Waals surface area contributed by atoms with Gasteiger partial charge in [-0.3, -0.25) is 9.59 Å². The Morgan fingerprint density at radius 3 is 2.50 bits per heavy atom. The van der Waals surface area contributed by atoms with Crippen molar-refractivity contribution in [3.05, 3.63) is 34.3 Å². The molecule has 2 amide bonds. The van der Waals surface area contributed by atoms with Gasteiger partial charge in [0.25, 0.3) is 0 Å². The SMILES string of the molecule is CCN1CC(=O)N(Cc2ccc(C#N)cc2Cl)CC1=O. The molecule has 1 saturated heterocycles. The van der Waals surface area contributed by atoms with Crippen LogP contribution in [0.25, 0.3) is 0 Å². The number of benzene rings is 1. The molecule has 5 nitrogen and oxygen atoms in total. The summed E-state index contributed by atoms with van der Waals surface area (Å²) in [6.07, 6.45) is 0. The van der Waals surface area contributed by atoms with E-state index in [1.165, 1.54) is 9.80 Å². The molecule has 1 aliphatic rings. The molecule has 0 radical (unpaired) electrons. The first kappa shape index (κ1) is 14.4. The van der Waals surface area contributed by atoms with Crippen LogP contribution in [0.1, 0.15) is 18.1 Å². The van der Waals surface area contributed by atoms with Crippen LogP contribution in [-0.2, 0) is 16.1 Å². The van der Waals surface area contributed by atoms with E-state index < -0.39 is 0 Å². The summed E-state index contributed by atoms with van der Waals surface area (Å²) in [5.41, 5.74) is 1.20. The number of carbonyl (C=O) groups excluding carboxylic acids is 2. The van der Waals surface area contributed by atoms with Crippen molar-refractivity contribution >= 4 is 23.4 Å². The maximum atomic E-state index is 12.0. The van der Waals surface area contributed by atoms with Gasteiger partial charge < -0.3 is 9.80 Å². The number of hydrogen-bond donors (Lipinski definition) is 0. The summed E-state index contributed by atoms with van der Waals surface area (Å²) in [7, 11) is 0. The molecule has 1 aromatic rings. The maximum Gasteiger partial charge on any atom is 0.242 e. The van der Waals surface area contributed by atoms with Gasteiger partial charge in [0.2, 0.25) is 11.8 Å². The number of piperazine rings is 1. The number of likely N-dealkylation sites (N-methyl/N-ethyl adjacent to an activating group) is 1. The first-order valence-electron chi connectivity index (χ1n) is 6.29. The average molecular weight is 292 g/mol. The minimum absolute atomic E-state index is 0.0585. The molecule has 0 aliphatic carbocycles. The van der Waals surface area contributed by atoms with Crippen LogP contribution in [0, 0.1) is 11.3 Å². The Bertz CT molecular complexity index is 595. The summed E-state index contributed by atoms with van der Waals surface area (Å²) in [5.74, 6) is -0.149. The minimum Gasteiger partial charge on any atom is -0.332 e. The fourth-order valence-electron chi connectivity index (χ4n) is 2.09. The number of hydrogen-bond acceptors (Lipinski definition) is 3. The molecule has 1 aromatic carbocycles. The lowest BCUT2D eigenvalue weighted by molar-refractivity contribution is -0.150. The van der Waals surface area contributed by atoms with Gasteiger partial charge in [-0.15, -0.1) is 0 Å². The van der Waals surface area contributed by atoms with Crippen molar-refractivity contribution in [2.45, 2.75) is 13.5 Å². The van der Waals surface area contributed by atoms with Gasteiger partial charge >= 0.3 is 0 Å². The molecule has 6 heteroatoms. The second-order valence-corrected chi connectivity index (χ2v) is 4.98. The third-order valence-corrected chi connectivity index (χ3v) is 3.63. The van der Waals surface area contributed by atoms with Crippen LogP contribution in [-0.4, -0.2) is 41.2 Å². The Hall–Kier alpha value is -2.06. The molecular weight excluding hydrogens is 278 g/mol. The molecule has 0 unspecified atom stereocenters. The van der Waals surface area contributed by atoms with Gasteiger partial charge in [0.05, 0.1) is 18.2 Å². The summed E-state index contributed by atoms with van der Waals surface area (Å²) < 4.78 is 0. The smallest absolute Gasteiger partial charge is 0.242 e. The molecule has 2 rings (SSSR count). The van der Waals surface area contributed by atoms with E-state index in [1.54, 1.807) is 18.2 Å². The third kappa shape index (κ3) is 2.91. The van der Waals surface area contributed by atoms with Gasteiger partial charge in [-0.2, -0.15) is 5.26 Å². The standard InChI is InChI=1S/C14H14ClN3O2/c1-2-17-8-14(20)18(9-13(17)19)7-11-4-3-10(6-16)5-12(11)15/h3-5H,2,7-9H2,1H3. The van der Waals surface area contributed by atoms with Gasteiger partial charge in [0.1, 0.15) is 6.54 Å². The minimum atomic E-state index is -0.0909. The number of carbonyl (C=O) groups is 2. The summed E-state index contributed by atoms with van der Waals surface area (Å²) in [6, 6.07) is 6.92. The summed E-state index contributed by atoms with van der Waals surface area (Å²) in [4.78, 5) is 26.8. The fraction of sp³-hybridized carbons (Fsp3) is 0.357. The quantitative estimate of drug-likeness (QED) is 0.845. The molecule has 0 atom stereocenters. The zero-order valence-electron chi connectivity index (χ0n) is 11.1. The molecule has 0 bridgehead atoms. The van der Waals surface area contributed by atoms with Crippen LogP contribution in [0.2, 0.25) is 5.02 Å². The van der Waals surface area contributed by atoms with Gasteiger partial charge in [0, 0.05) is 18.1 Å². The van der Waals surface area contributed by atoms with Gasteiger partial charge in [0.15, 0.2) is 0 Å². The van der Waals surface area contributed by atoms with E-state index in [2.05, 4.69) is 0 Å². The Balaban J connectivity index is 2.13. The van der Waals surface area contributed by atoms with Crippen molar-refractivity contribution in [3.63, 3.8) is 0 Å². The van der Waals surface area contributed by atoms with E-state index in [0.29, 0.717) is 17.1 Å². The highest BCUT2D eigenvalue weighted by Crippen LogP contribution is 2.20. The predicted molar refractivity (Wildman–Crippen MR) is 73.8 cm³/mol. The van der Waals surface area contributed by atoms with Crippen LogP contribution in [0.4, 0.5) is 0 Å². The molecule has 1 aliphatic heterocycles. The molecule has 0 spiro atoms. The monoisotopic (exact) mass is 291 g/mol. The predicted octanol–water partition coefficient (Wildman–Crippen LogP) is 1.40. The highest BCUT2D eigenvalue weighted by atomic mass is 35.5. The van der Waals surface area contributed by atoms with Gasteiger partial charge in [-0.05, 0) is 24.6 Å². The Labute approximate surface area is 122 Å². The van der Waals surface area contributed by atoms with E-state index in [1.807, 2.05) is 13.0 Å². The van der Waals surface area contributed by atoms with Crippen molar-refractivity contribution in [3.8, 4) is 6.07 Å². The summed E-state index contributed by atoms with van der Waals surface area (Å²) in [5, 5.41) is 9.22. The average Bonchev–Trinajstić information content (AvgIpc) is 2.44. The van der Waals surface area contributed by atoms with Crippen molar-refractivity contribution in [1.82, 2.24) is 9.80 Å². The van der Waals surface area contributed by atoms with Crippen LogP contribution < -0.4 is 0 Å². The normalized spacial score (nSPS) is 15.4. The third-order valence-electron chi connectivity index (χ3n) is 3.28. The summed E-state index contributed by atoms with van der Waals surface area (Å²) in [6.45, 7) is 2.85. The maximum absolute atomic E-state index is 12.0. The Morgan fingerprint density at radius 2 is 1.90 bits per heavy atom. The molecule has 1 heterocycles.